The van der Waals surface area contributed by atoms with Crippen LogP contribution in [0.5, 0.6) is 5.75 Å². The zero-order chi connectivity index (χ0) is 15.5. The second-order valence-corrected chi connectivity index (χ2v) is 5.67. The maximum Gasteiger partial charge on any atom is 0.146 e. The van der Waals surface area contributed by atoms with Gasteiger partial charge in [-0.05, 0) is 30.2 Å². The first-order valence-electron chi connectivity index (χ1n) is 6.82. The zero-order valence-electron chi connectivity index (χ0n) is 11.8. The van der Waals surface area contributed by atoms with Crippen molar-refractivity contribution in [1.82, 2.24) is 9.97 Å². The molecule has 112 valence electrons. The third-order valence-electron chi connectivity index (χ3n) is 3.27. The number of hydrogen-bond donors (Lipinski definition) is 1. The molecule has 1 heterocycles. The lowest BCUT2D eigenvalue weighted by Gasteiger charge is -2.08. The van der Waals surface area contributed by atoms with Crippen molar-refractivity contribution < 1.29 is 4.74 Å². The monoisotopic (exact) mass is 332 g/mol. The molecule has 0 bridgehead atoms. The SMILES string of the molecule is C=CCc1ccccc1OCc1nc2cc(Cl)c(Cl)cc2[nH]1. The highest BCUT2D eigenvalue weighted by Crippen LogP contribution is 2.27. The van der Waals surface area contributed by atoms with Crippen molar-refractivity contribution in [3.05, 3.63) is 70.5 Å². The lowest BCUT2D eigenvalue weighted by molar-refractivity contribution is 0.295. The van der Waals surface area contributed by atoms with Gasteiger partial charge in [0.15, 0.2) is 0 Å². The smallest absolute Gasteiger partial charge is 0.146 e. The fourth-order valence-electron chi connectivity index (χ4n) is 2.24. The van der Waals surface area contributed by atoms with Gasteiger partial charge in [-0.3, -0.25) is 0 Å². The summed E-state index contributed by atoms with van der Waals surface area (Å²) in [7, 11) is 0. The van der Waals surface area contributed by atoms with Gasteiger partial charge in [0.05, 0.1) is 21.1 Å². The lowest BCUT2D eigenvalue weighted by Crippen LogP contribution is -1.99. The van der Waals surface area contributed by atoms with Crippen molar-refractivity contribution in [3.63, 3.8) is 0 Å². The van der Waals surface area contributed by atoms with E-state index in [-0.39, 0.29) is 0 Å². The molecule has 0 saturated heterocycles. The van der Waals surface area contributed by atoms with E-state index >= 15 is 0 Å². The fourth-order valence-corrected chi connectivity index (χ4v) is 2.56. The Morgan fingerprint density at radius 2 is 1.95 bits per heavy atom. The number of hydrogen-bond acceptors (Lipinski definition) is 2. The Hall–Kier alpha value is -1.97. The van der Waals surface area contributed by atoms with E-state index in [1.54, 1.807) is 12.1 Å². The number of halogens is 2. The van der Waals surface area contributed by atoms with Gasteiger partial charge >= 0.3 is 0 Å². The summed E-state index contributed by atoms with van der Waals surface area (Å²) in [4.78, 5) is 7.65. The molecule has 0 saturated carbocycles. The van der Waals surface area contributed by atoms with Gasteiger partial charge in [0, 0.05) is 0 Å². The highest BCUT2D eigenvalue weighted by Gasteiger charge is 2.08. The Kier molecular flexibility index (Phi) is 4.36. The molecule has 3 rings (SSSR count). The summed E-state index contributed by atoms with van der Waals surface area (Å²) in [5.74, 6) is 1.56. The number of ether oxygens (including phenoxy) is 1. The molecule has 0 atom stereocenters. The van der Waals surface area contributed by atoms with Crippen LogP contribution >= 0.6 is 23.2 Å². The molecule has 1 aromatic heterocycles. The highest BCUT2D eigenvalue weighted by molar-refractivity contribution is 6.42. The summed E-state index contributed by atoms with van der Waals surface area (Å²) >= 11 is 12.0. The average Bonchev–Trinajstić information content (AvgIpc) is 2.89. The van der Waals surface area contributed by atoms with Crippen LogP contribution in [0.2, 0.25) is 10.0 Å². The van der Waals surface area contributed by atoms with Gasteiger partial charge < -0.3 is 9.72 Å². The van der Waals surface area contributed by atoms with Crippen molar-refractivity contribution in [2.24, 2.45) is 0 Å². The number of aromatic amines is 1. The van der Waals surface area contributed by atoms with Crippen molar-refractivity contribution in [2.45, 2.75) is 13.0 Å². The number of nitrogens with zero attached hydrogens (tertiary/aromatic N) is 1. The molecule has 0 aliphatic heterocycles. The number of imidazole rings is 1. The molecule has 0 radical (unpaired) electrons. The molecule has 2 aromatic carbocycles. The van der Waals surface area contributed by atoms with Crippen LogP contribution in [0.4, 0.5) is 0 Å². The topological polar surface area (TPSA) is 37.9 Å². The van der Waals surface area contributed by atoms with Gasteiger partial charge in [0.2, 0.25) is 0 Å². The number of benzene rings is 2. The summed E-state index contributed by atoms with van der Waals surface area (Å²) in [6.07, 6.45) is 2.62. The second kappa shape index (κ2) is 6.42. The van der Waals surface area contributed by atoms with Crippen LogP contribution in [0, 0.1) is 0 Å². The molecule has 22 heavy (non-hydrogen) atoms. The molecule has 0 aliphatic carbocycles. The van der Waals surface area contributed by atoms with Crippen molar-refractivity contribution >= 4 is 34.2 Å². The number of fused-ring (bicyclic) bond motifs is 1. The molecule has 0 spiro atoms. The molecule has 3 aromatic rings. The highest BCUT2D eigenvalue weighted by atomic mass is 35.5. The van der Waals surface area contributed by atoms with Crippen molar-refractivity contribution in [2.75, 3.05) is 0 Å². The molecular weight excluding hydrogens is 319 g/mol. The maximum atomic E-state index is 6.01. The van der Waals surface area contributed by atoms with Gasteiger partial charge in [0.25, 0.3) is 0 Å². The van der Waals surface area contributed by atoms with E-state index in [2.05, 4.69) is 16.5 Å². The van der Waals surface area contributed by atoms with E-state index in [4.69, 9.17) is 27.9 Å². The predicted molar refractivity (Wildman–Crippen MR) is 90.8 cm³/mol. The first-order valence-corrected chi connectivity index (χ1v) is 7.58. The Balaban J connectivity index is 1.81. The third kappa shape index (κ3) is 3.11. The van der Waals surface area contributed by atoms with Gasteiger partial charge in [-0.25, -0.2) is 4.98 Å². The van der Waals surface area contributed by atoms with E-state index in [1.165, 1.54) is 0 Å². The number of nitrogens with one attached hydrogen (secondary N) is 1. The minimum absolute atomic E-state index is 0.345. The quantitative estimate of drug-likeness (QED) is 0.654. The number of allylic oxidation sites excluding steroid dienone is 1. The summed E-state index contributed by atoms with van der Waals surface area (Å²) in [6, 6.07) is 11.4. The number of rotatable bonds is 5. The van der Waals surface area contributed by atoms with E-state index in [1.807, 2.05) is 30.3 Å². The Bertz CT molecular complexity index is 788. The van der Waals surface area contributed by atoms with Gasteiger partial charge in [-0.1, -0.05) is 47.5 Å². The van der Waals surface area contributed by atoms with E-state index < -0.39 is 0 Å². The number of H-pyrrole nitrogens is 1. The standard InChI is InChI=1S/C17H14Cl2N2O/c1-2-5-11-6-3-4-7-16(11)22-10-17-20-14-8-12(18)13(19)9-15(14)21-17/h2-4,6-9H,1,5,10H2,(H,20,21). The van der Waals surface area contributed by atoms with Crippen LogP contribution in [0.25, 0.3) is 11.0 Å². The van der Waals surface area contributed by atoms with Crippen LogP contribution in [-0.4, -0.2) is 9.97 Å². The largest absolute Gasteiger partial charge is 0.485 e. The Labute approximate surface area is 138 Å². The van der Waals surface area contributed by atoms with Gasteiger partial charge in [-0.15, -0.1) is 6.58 Å². The van der Waals surface area contributed by atoms with Crippen LogP contribution < -0.4 is 4.74 Å². The van der Waals surface area contributed by atoms with Crippen LogP contribution in [0.1, 0.15) is 11.4 Å². The fraction of sp³-hybridized carbons (Fsp3) is 0.118. The summed E-state index contributed by atoms with van der Waals surface area (Å²) in [5.41, 5.74) is 2.71. The minimum Gasteiger partial charge on any atom is -0.485 e. The molecule has 5 heteroatoms. The molecule has 1 N–H and O–H groups in total. The second-order valence-electron chi connectivity index (χ2n) is 4.86. The maximum absolute atomic E-state index is 6.01. The van der Waals surface area contributed by atoms with Crippen LogP contribution in [-0.2, 0) is 13.0 Å². The number of para-hydroxylation sites is 1. The molecule has 0 amide bonds. The molecule has 0 aliphatic rings. The first-order chi connectivity index (χ1) is 10.7. The Morgan fingerprint density at radius 3 is 2.77 bits per heavy atom. The summed E-state index contributed by atoms with van der Waals surface area (Å²) in [6.45, 7) is 4.11. The average molecular weight is 333 g/mol. The predicted octanol–water partition coefficient (Wildman–Crippen LogP) is 5.18. The molecule has 3 nitrogen and oxygen atoms in total. The van der Waals surface area contributed by atoms with E-state index in [9.17, 15) is 0 Å². The molecule has 0 fully saturated rings. The van der Waals surface area contributed by atoms with Crippen LogP contribution in [0.15, 0.2) is 49.1 Å². The molecular formula is C17H14Cl2N2O. The lowest BCUT2D eigenvalue weighted by atomic mass is 10.1. The molecule has 0 unspecified atom stereocenters. The summed E-state index contributed by atoms with van der Waals surface area (Å²) < 4.78 is 5.86. The van der Waals surface area contributed by atoms with Crippen molar-refractivity contribution in [1.29, 1.82) is 0 Å². The van der Waals surface area contributed by atoms with Crippen LogP contribution in [0.3, 0.4) is 0 Å². The first kappa shape index (κ1) is 14.9. The van der Waals surface area contributed by atoms with Gasteiger partial charge in [0.1, 0.15) is 18.2 Å². The van der Waals surface area contributed by atoms with E-state index in [0.29, 0.717) is 16.7 Å². The van der Waals surface area contributed by atoms with E-state index in [0.717, 1.165) is 34.6 Å². The normalized spacial score (nSPS) is 10.8. The Morgan fingerprint density at radius 1 is 1.18 bits per heavy atom. The minimum atomic E-state index is 0.345. The number of aromatic nitrogens is 2. The third-order valence-corrected chi connectivity index (χ3v) is 4.00. The summed E-state index contributed by atoms with van der Waals surface area (Å²) in [5, 5.41) is 0.992. The zero-order valence-corrected chi connectivity index (χ0v) is 13.3. The van der Waals surface area contributed by atoms with Gasteiger partial charge in [-0.2, -0.15) is 0 Å². The van der Waals surface area contributed by atoms with Crippen molar-refractivity contribution in [3.8, 4) is 5.75 Å².